The maximum Gasteiger partial charge on any atom is 0.137 e. The molecule has 0 aliphatic carbocycles. The molecule has 0 heterocycles. The van der Waals surface area contributed by atoms with E-state index in [2.05, 4.69) is 20.9 Å². The summed E-state index contributed by atoms with van der Waals surface area (Å²) in [6.07, 6.45) is 1.75. The van der Waals surface area contributed by atoms with E-state index >= 15 is 0 Å². The molecule has 0 saturated carbocycles. The maximum absolute atomic E-state index is 13.0. The zero-order valence-corrected chi connectivity index (χ0v) is 9.99. The van der Waals surface area contributed by atoms with Gasteiger partial charge < -0.3 is 0 Å². The monoisotopic (exact) mass is 277 g/mol. The van der Waals surface area contributed by atoms with E-state index in [1.165, 1.54) is 6.07 Å². The Bertz CT molecular complexity index is 509. The average Bonchev–Trinajstić information content (AvgIpc) is 2.32. The molecular weight excluding hydrogens is 269 g/mol. The Morgan fingerprint density at radius 1 is 1.06 bits per heavy atom. The molecule has 0 aliphatic rings. The normalized spacial score (nSPS) is 10.9. The lowest BCUT2D eigenvalue weighted by molar-refractivity contribution is 0.621. The number of halogens is 2. The van der Waals surface area contributed by atoms with Gasteiger partial charge in [-0.3, -0.25) is 4.99 Å². The lowest BCUT2D eigenvalue weighted by atomic mass is 10.2. The molecule has 0 bridgehead atoms. The lowest BCUT2D eigenvalue weighted by Crippen LogP contribution is -1.79. The van der Waals surface area contributed by atoms with Gasteiger partial charge in [0.1, 0.15) is 5.82 Å². The third-order valence-electron chi connectivity index (χ3n) is 2.07. The predicted molar refractivity (Wildman–Crippen MR) is 67.8 cm³/mol. The van der Waals surface area contributed by atoms with Crippen LogP contribution in [-0.2, 0) is 0 Å². The largest absolute Gasteiger partial charge is 0.256 e. The fraction of sp³-hybridized carbons (Fsp3) is 0. The maximum atomic E-state index is 13.0. The standard InChI is InChI=1S/C13H9BrFN/c14-12-8-11(6-7-13(12)15)16-9-10-4-2-1-3-5-10/h1-9H. The Morgan fingerprint density at radius 3 is 2.50 bits per heavy atom. The van der Waals surface area contributed by atoms with Crippen LogP contribution in [0.2, 0.25) is 0 Å². The van der Waals surface area contributed by atoms with Crippen molar-refractivity contribution in [1.29, 1.82) is 0 Å². The number of hydrogen-bond acceptors (Lipinski definition) is 1. The Labute approximate surface area is 102 Å². The molecule has 0 aromatic heterocycles. The molecule has 0 spiro atoms. The summed E-state index contributed by atoms with van der Waals surface area (Å²) in [5.41, 5.74) is 1.74. The van der Waals surface area contributed by atoms with Crippen molar-refractivity contribution >= 4 is 27.8 Å². The molecule has 0 fully saturated rings. The van der Waals surface area contributed by atoms with Crippen LogP contribution in [-0.4, -0.2) is 6.21 Å². The molecule has 0 aliphatic heterocycles. The van der Waals surface area contributed by atoms with Crippen molar-refractivity contribution < 1.29 is 4.39 Å². The Kier molecular flexibility index (Phi) is 3.47. The van der Waals surface area contributed by atoms with E-state index in [0.717, 1.165) is 11.3 Å². The first-order valence-corrected chi connectivity index (χ1v) is 5.59. The van der Waals surface area contributed by atoms with Gasteiger partial charge in [-0.1, -0.05) is 30.3 Å². The first-order chi connectivity index (χ1) is 7.75. The molecule has 0 amide bonds. The van der Waals surface area contributed by atoms with Crippen LogP contribution in [0.15, 0.2) is 58.0 Å². The second-order valence-electron chi connectivity index (χ2n) is 3.27. The molecule has 0 atom stereocenters. The average molecular weight is 278 g/mol. The fourth-order valence-corrected chi connectivity index (χ4v) is 1.62. The van der Waals surface area contributed by atoms with E-state index in [0.29, 0.717) is 4.47 Å². The minimum Gasteiger partial charge on any atom is -0.256 e. The Morgan fingerprint density at radius 2 is 1.81 bits per heavy atom. The van der Waals surface area contributed by atoms with Crippen molar-refractivity contribution in [2.24, 2.45) is 4.99 Å². The highest BCUT2D eigenvalue weighted by Crippen LogP contribution is 2.21. The van der Waals surface area contributed by atoms with Crippen molar-refractivity contribution in [3.8, 4) is 0 Å². The Hall–Kier alpha value is -1.48. The summed E-state index contributed by atoms with van der Waals surface area (Å²) in [5.74, 6) is -0.279. The zero-order chi connectivity index (χ0) is 11.4. The van der Waals surface area contributed by atoms with Crippen LogP contribution < -0.4 is 0 Å². The van der Waals surface area contributed by atoms with E-state index < -0.39 is 0 Å². The number of hydrogen-bond donors (Lipinski definition) is 0. The molecule has 0 radical (unpaired) electrons. The smallest absolute Gasteiger partial charge is 0.137 e. The summed E-state index contributed by atoms with van der Waals surface area (Å²) in [5, 5.41) is 0. The molecule has 1 nitrogen and oxygen atoms in total. The van der Waals surface area contributed by atoms with Crippen LogP contribution >= 0.6 is 15.9 Å². The fourth-order valence-electron chi connectivity index (χ4n) is 1.25. The minimum atomic E-state index is -0.279. The number of rotatable bonds is 2. The molecule has 0 saturated heterocycles. The lowest BCUT2D eigenvalue weighted by Gasteiger charge is -1.96. The minimum absolute atomic E-state index is 0.279. The molecular formula is C13H9BrFN. The third-order valence-corrected chi connectivity index (χ3v) is 2.67. The van der Waals surface area contributed by atoms with Crippen LogP contribution in [0.25, 0.3) is 0 Å². The van der Waals surface area contributed by atoms with Crippen LogP contribution in [0, 0.1) is 5.82 Å². The molecule has 0 N–H and O–H groups in total. The van der Waals surface area contributed by atoms with Gasteiger partial charge in [-0.2, -0.15) is 0 Å². The third kappa shape index (κ3) is 2.76. The topological polar surface area (TPSA) is 12.4 Å². The van der Waals surface area contributed by atoms with E-state index in [1.807, 2.05) is 30.3 Å². The van der Waals surface area contributed by atoms with E-state index in [1.54, 1.807) is 18.3 Å². The predicted octanol–water partition coefficient (Wildman–Crippen LogP) is 4.34. The highest BCUT2D eigenvalue weighted by atomic mass is 79.9. The molecule has 80 valence electrons. The summed E-state index contributed by atoms with van der Waals surface area (Å²) < 4.78 is 13.4. The molecule has 2 rings (SSSR count). The van der Waals surface area contributed by atoms with Crippen LogP contribution in [0.5, 0.6) is 0 Å². The Balaban J connectivity index is 2.21. The summed E-state index contributed by atoms with van der Waals surface area (Å²) in [4.78, 5) is 4.26. The molecule has 2 aromatic rings. The number of nitrogens with zero attached hydrogens (tertiary/aromatic N) is 1. The van der Waals surface area contributed by atoms with E-state index in [9.17, 15) is 4.39 Å². The molecule has 3 heteroatoms. The van der Waals surface area contributed by atoms with E-state index in [4.69, 9.17) is 0 Å². The van der Waals surface area contributed by atoms with Crippen molar-refractivity contribution in [3.63, 3.8) is 0 Å². The van der Waals surface area contributed by atoms with Crippen molar-refractivity contribution in [1.82, 2.24) is 0 Å². The summed E-state index contributed by atoms with van der Waals surface area (Å²) >= 11 is 3.12. The van der Waals surface area contributed by atoms with Crippen LogP contribution in [0.3, 0.4) is 0 Å². The van der Waals surface area contributed by atoms with Gasteiger partial charge in [0.05, 0.1) is 10.2 Å². The van der Waals surface area contributed by atoms with Gasteiger partial charge in [0.15, 0.2) is 0 Å². The summed E-state index contributed by atoms with van der Waals surface area (Å²) in [6, 6.07) is 14.4. The second-order valence-corrected chi connectivity index (χ2v) is 4.12. The highest BCUT2D eigenvalue weighted by Gasteiger charge is 1.98. The van der Waals surface area contributed by atoms with Gasteiger partial charge in [-0.25, -0.2) is 4.39 Å². The summed E-state index contributed by atoms with van der Waals surface area (Å²) in [6.45, 7) is 0. The summed E-state index contributed by atoms with van der Waals surface area (Å²) in [7, 11) is 0. The van der Waals surface area contributed by atoms with E-state index in [-0.39, 0.29) is 5.82 Å². The van der Waals surface area contributed by atoms with Gasteiger partial charge in [-0.05, 0) is 39.7 Å². The van der Waals surface area contributed by atoms with Crippen molar-refractivity contribution in [2.75, 3.05) is 0 Å². The van der Waals surface area contributed by atoms with Gasteiger partial charge in [0.2, 0.25) is 0 Å². The first kappa shape index (κ1) is 11.0. The van der Waals surface area contributed by atoms with Gasteiger partial charge in [0.25, 0.3) is 0 Å². The number of benzene rings is 2. The number of aliphatic imine (C=N–C) groups is 1. The van der Waals surface area contributed by atoms with Crippen LogP contribution in [0.1, 0.15) is 5.56 Å². The zero-order valence-electron chi connectivity index (χ0n) is 8.40. The van der Waals surface area contributed by atoms with Crippen molar-refractivity contribution in [3.05, 3.63) is 64.4 Å². The van der Waals surface area contributed by atoms with Gasteiger partial charge in [0, 0.05) is 6.21 Å². The second kappa shape index (κ2) is 5.03. The molecule has 2 aromatic carbocycles. The first-order valence-electron chi connectivity index (χ1n) is 4.80. The molecule has 0 unspecified atom stereocenters. The SMILES string of the molecule is Fc1ccc(N=Cc2ccccc2)cc1Br. The quantitative estimate of drug-likeness (QED) is 0.725. The van der Waals surface area contributed by atoms with Gasteiger partial charge >= 0.3 is 0 Å². The van der Waals surface area contributed by atoms with Gasteiger partial charge in [-0.15, -0.1) is 0 Å². The van der Waals surface area contributed by atoms with Crippen LogP contribution in [0.4, 0.5) is 10.1 Å². The highest BCUT2D eigenvalue weighted by molar-refractivity contribution is 9.10. The molecule has 16 heavy (non-hydrogen) atoms. The van der Waals surface area contributed by atoms with Crippen molar-refractivity contribution in [2.45, 2.75) is 0 Å².